The third-order valence-electron chi connectivity index (χ3n) is 5.50. The second-order valence-corrected chi connectivity index (χ2v) is 9.14. The molecule has 0 aliphatic heterocycles. The highest BCUT2D eigenvalue weighted by Gasteiger charge is 2.31. The van der Waals surface area contributed by atoms with E-state index >= 15 is 0 Å². The van der Waals surface area contributed by atoms with E-state index in [0.29, 0.717) is 11.3 Å². The van der Waals surface area contributed by atoms with E-state index in [1.54, 1.807) is 30.6 Å². The topological polar surface area (TPSA) is 100 Å². The molecule has 3 N–H and O–H groups in total. The summed E-state index contributed by atoms with van der Waals surface area (Å²) in [7, 11) is 0. The van der Waals surface area contributed by atoms with Crippen LogP contribution in [0.25, 0.3) is 11.1 Å². The summed E-state index contributed by atoms with van der Waals surface area (Å²) in [6.45, 7) is 5.81. The van der Waals surface area contributed by atoms with Crippen molar-refractivity contribution < 1.29 is 4.79 Å². The highest BCUT2D eigenvalue weighted by Crippen LogP contribution is 2.26. The van der Waals surface area contributed by atoms with Crippen molar-refractivity contribution in [3.8, 4) is 11.1 Å². The van der Waals surface area contributed by atoms with E-state index in [-0.39, 0.29) is 17.3 Å². The molecule has 7 heteroatoms. The predicted octanol–water partition coefficient (Wildman–Crippen LogP) is 4.30. The zero-order valence-corrected chi connectivity index (χ0v) is 19.3. The fourth-order valence-corrected chi connectivity index (χ4v) is 3.53. The molecule has 1 aromatic heterocycles. The molecule has 1 atom stereocenters. The number of carbonyl (C=O) groups excluding carboxylic acids is 1. The zero-order valence-electron chi connectivity index (χ0n) is 19.3. The standard InChI is InChI=1S/C27H26N4O3/c1-27(2,3)26(30-22-21(23(32)24(22)33)29-20-13-8-14-28-16-20)31-25(34)19-12-7-11-18(15-19)17-9-5-4-6-10-17/h4-16,26,29-30H,1-3H3,(H,31,34). The van der Waals surface area contributed by atoms with Gasteiger partial charge in [0.15, 0.2) is 0 Å². The Bertz CT molecular complexity index is 1370. The molecule has 4 aromatic rings. The van der Waals surface area contributed by atoms with Crippen molar-refractivity contribution in [2.24, 2.45) is 5.41 Å². The molecule has 34 heavy (non-hydrogen) atoms. The monoisotopic (exact) mass is 454 g/mol. The fraction of sp³-hybridized carbons (Fsp3) is 0.185. The lowest BCUT2D eigenvalue weighted by Crippen LogP contribution is -2.51. The van der Waals surface area contributed by atoms with Crippen LogP contribution < -0.4 is 26.8 Å². The van der Waals surface area contributed by atoms with Crippen LogP contribution in [-0.4, -0.2) is 17.1 Å². The fourth-order valence-electron chi connectivity index (χ4n) is 3.53. The molecule has 4 rings (SSSR count). The summed E-state index contributed by atoms with van der Waals surface area (Å²) in [5.74, 6) is -0.286. The smallest absolute Gasteiger partial charge is 0.253 e. The van der Waals surface area contributed by atoms with Gasteiger partial charge in [0.1, 0.15) is 17.5 Å². The largest absolute Gasteiger partial charge is 0.360 e. The number of carbonyl (C=O) groups is 1. The molecule has 1 unspecified atom stereocenters. The minimum atomic E-state index is -0.624. The van der Waals surface area contributed by atoms with Gasteiger partial charge in [0.05, 0.1) is 11.9 Å². The van der Waals surface area contributed by atoms with Crippen molar-refractivity contribution in [1.82, 2.24) is 10.3 Å². The molecule has 0 aliphatic rings. The van der Waals surface area contributed by atoms with Crippen LogP contribution in [0, 0.1) is 5.41 Å². The Morgan fingerprint density at radius 2 is 1.56 bits per heavy atom. The average molecular weight is 455 g/mol. The van der Waals surface area contributed by atoms with E-state index < -0.39 is 22.4 Å². The Morgan fingerprint density at radius 3 is 2.24 bits per heavy atom. The molecule has 172 valence electrons. The van der Waals surface area contributed by atoms with Gasteiger partial charge >= 0.3 is 0 Å². The zero-order chi connectivity index (χ0) is 24.3. The maximum absolute atomic E-state index is 13.1. The van der Waals surface area contributed by atoms with Gasteiger partial charge in [-0.15, -0.1) is 0 Å². The number of pyridine rings is 1. The van der Waals surface area contributed by atoms with E-state index in [0.717, 1.165) is 11.1 Å². The maximum atomic E-state index is 13.1. The minimum Gasteiger partial charge on any atom is -0.360 e. The Hall–Kier alpha value is -4.26. The van der Waals surface area contributed by atoms with E-state index in [1.807, 2.05) is 69.3 Å². The first-order valence-corrected chi connectivity index (χ1v) is 11.0. The van der Waals surface area contributed by atoms with E-state index in [4.69, 9.17) is 0 Å². The molecule has 0 aliphatic carbocycles. The summed E-state index contributed by atoms with van der Waals surface area (Å²) < 4.78 is 0. The van der Waals surface area contributed by atoms with Crippen LogP contribution in [0.1, 0.15) is 31.1 Å². The second kappa shape index (κ2) is 9.31. The normalized spacial score (nSPS) is 12.2. The first-order chi connectivity index (χ1) is 16.2. The highest BCUT2D eigenvalue weighted by atomic mass is 16.2. The van der Waals surface area contributed by atoms with Gasteiger partial charge in [0.2, 0.25) is 0 Å². The molecule has 0 saturated heterocycles. The Labute approximate surface area is 197 Å². The van der Waals surface area contributed by atoms with Crippen LogP contribution in [0.2, 0.25) is 0 Å². The second-order valence-electron chi connectivity index (χ2n) is 9.14. The SMILES string of the molecule is CC(C)(C)C(NC(=O)c1cccc(-c2ccccc2)c1)Nc1c(Nc2cccnc2)c(=O)c1=O. The van der Waals surface area contributed by atoms with Gasteiger partial charge in [-0.1, -0.05) is 63.2 Å². The molecule has 7 nitrogen and oxygen atoms in total. The van der Waals surface area contributed by atoms with Crippen LogP contribution >= 0.6 is 0 Å². The number of hydrogen-bond donors (Lipinski definition) is 3. The molecule has 1 heterocycles. The first kappa shape index (κ1) is 22.9. The molecule has 1 amide bonds. The molecule has 3 aromatic carbocycles. The molecule has 0 radical (unpaired) electrons. The third-order valence-corrected chi connectivity index (χ3v) is 5.50. The summed E-state index contributed by atoms with van der Waals surface area (Å²) in [6.07, 6.45) is 2.56. The van der Waals surface area contributed by atoms with Crippen LogP contribution in [0.3, 0.4) is 0 Å². The Kier molecular flexibility index (Phi) is 6.27. The van der Waals surface area contributed by atoms with Gasteiger partial charge in [0.25, 0.3) is 16.8 Å². The molecule has 0 fully saturated rings. The van der Waals surface area contributed by atoms with Crippen LogP contribution in [0.15, 0.2) is 88.7 Å². The summed E-state index contributed by atoms with van der Waals surface area (Å²) >= 11 is 0. The molecule has 0 spiro atoms. The van der Waals surface area contributed by atoms with Gasteiger partial charge in [-0.3, -0.25) is 19.4 Å². The highest BCUT2D eigenvalue weighted by molar-refractivity contribution is 5.96. The summed E-state index contributed by atoms with van der Waals surface area (Å²) in [6, 6.07) is 20.6. The van der Waals surface area contributed by atoms with Crippen LogP contribution in [-0.2, 0) is 0 Å². The van der Waals surface area contributed by atoms with Crippen molar-refractivity contribution in [3.63, 3.8) is 0 Å². The number of hydrogen-bond acceptors (Lipinski definition) is 6. The molecule has 0 saturated carbocycles. The number of nitrogens with one attached hydrogen (secondary N) is 3. The summed E-state index contributed by atoms with van der Waals surface area (Å²) in [5.41, 5.74) is 1.64. The lowest BCUT2D eigenvalue weighted by molar-refractivity contribution is 0.0913. The van der Waals surface area contributed by atoms with Gasteiger partial charge in [-0.05, 0) is 35.4 Å². The lowest BCUT2D eigenvalue weighted by atomic mass is 9.91. The van der Waals surface area contributed by atoms with Crippen molar-refractivity contribution in [2.45, 2.75) is 26.9 Å². The predicted molar refractivity (Wildman–Crippen MR) is 135 cm³/mol. The third kappa shape index (κ3) is 4.88. The van der Waals surface area contributed by atoms with Crippen LogP contribution in [0.5, 0.6) is 0 Å². The maximum Gasteiger partial charge on any atom is 0.253 e. The molecular weight excluding hydrogens is 428 g/mol. The van der Waals surface area contributed by atoms with Gasteiger partial charge < -0.3 is 16.0 Å². The minimum absolute atomic E-state index is 0.145. The van der Waals surface area contributed by atoms with E-state index in [9.17, 15) is 14.4 Å². The van der Waals surface area contributed by atoms with Crippen LogP contribution in [0.4, 0.5) is 17.1 Å². The molecule has 0 bridgehead atoms. The van der Waals surface area contributed by atoms with Gasteiger partial charge in [0, 0.05) is 17.2 Å². The summed E-state index contributed by atoms with van der Waals surface area (Å²) in [5, 5.41) is 9.02. The first-order valence-electron chi connectivity index (χ1n) is 11.0. The quantitative estimate of drug-likeness (QED) is 0.284. The van der Waals surface area contributed by atoms with E-state index in [2.05, 4.69) is 20.9 Å². The Balaban J connectivity index is 1.56. The number of anilines is 3. The number of amides is 1. The van der Waals surface area contributed by atoms with Crippen molar-refractivity contribution in [2.75, 3.05) is 10.6 Å². The summed E-state index contributed by atoms with van der Waals surface area (Å²) in [4.78, 5) is 41.7. The van der Waals surface area contributed by atoms with Gasteiger partial charge in [-0.25, -0.2) is 0 Å². The van der Waals surface area contributed by atoms with Gasteiger partial charge in [-0.2, -0.15) is 0 Å². The van der Waals surface area contributed by atoms with Crippen molar-refractivity contribution in [1.29, 1.82) is 0 Å². The number of benzene rings is 2. The number of rotatable bonds is 7. The van der Waals surface area contributed by atoms with E-state index in [1.165, 1.54) is 0 Å². The lowest BCUT2D eigenvalue weighted by Gasteiger charge is -2.33. The number of aromatic nitrogens is 1. The Morgan fingerprint density at radius 1 is 0.853 bits per heavy atom. The molecular formula is C27H26N4O3. The van der Waals surface area contributed by atoms with Crippen molar-refractivity contribution in [3.05, 3.63) is 105 Å². The number of nitrogens with zero attached hydrogens (tertiary/aromatic N) is 1. The van der Waals surface area contributed by atoms with Crippen molar-refractivity contribution >= 4 is 23.0 Å². The average Bonchev–Trinajstić information content (AvgIpc) is 2.85.